The van der Waals surface area contributed by atoms with E-state index in [0.717, 1.165) is 36.9 Å². The molecule has 1 aromatic heterocycles. The van der Waals surface area contributed by atoms with E-state index in [2.05, 4.69) is 15.3 Å². The number of anilines is 1. The molecule has 2 N–H and O–H groups in total. The van der Waals surface area contributed by atoms with Gasteiger partial charge in [-0.15, -0.1) is 0 Å². The first-order chi connectivity index (χ1) is 20.9. The lowest BCUT2D eigenvalue weighted by molar-refractivity contribution is -0.137. The minimum absolute atomic E-state index is 0.0407. The van der Waals surface area contributed by atoms with Gasteiger partial charge in [0, 0.05) is 48.8 Å². The average molecular weight is 634 g/mol. The van der Waals surface area contributed by atoms with Crippen molar-refractivity contribution in [2.45, 2.75) is 50.7 Å². The number of β-amino-alcohol motifs (C(OH)–C–C–N with tert-alkyl or cyclic N) is 1. The molecule has 3 aromatic rings. The van der Waals surface area contributed by atoms with E-state index in [4.69, 9.17) is 4.74 Å². The van der Waals surface area contributed by atoms with E-state index >= 15 is 0 Å². The number of aliphatic hydroxyl groups is 1. The fourth-order valence-electron chi connectivity index (χ4n) is 6.32. The Balaban J connectivity index is 1.13. The Morgan fingerprint density at radius 3 is 2.45 bits per heavy atom. The monoisotopic (exact) mass is 633 g/mol. The summed E-state index contributed by atoms with van der Waals surface area (Å²) in [6.45, 7) is 2.16. The van der Waals surface area contributed by atoms with E-state index in [1.165, 1.54) is 16.4 Å². The van der Waals surface area contributed by atoms with Crippen LogP contribution in [-0.2, 0) is 40.5 Å². The van der Waals surface area contributed by atoms with Crippen LogP contribution in [-0.4, -0.2) is 83.1 Å². The number of piperidine rings is 1. The molecule has 0 aliphatic carbocycles. The average Bonchev–Trinajstić information content (AvgIpc) is 3.34. The number of alkyl halides is 3. The maximum Gasteiger partial charge on any atom is 0.416 e. The molecule has 3 aliphatic heterocycles. The molecular formula is C30H34F3N5O5S. The number of para-hydroxylation sites is 2. The molecule has 14 heteroatoms. The predicted molar refractivity (Wildman–Crippen MR) is 156 cm³/mol. The quantitative estimate of drug-likeness (QED) is 0.410. The van der Waals surface area contributed by atoms with Crippen LogP contribution in [0.3, 0.4) is 0 Å². The van der Waals surface area contributed by atoms with Gasteiger partial charge in [0.25, 0.3) is 5.91 Å². The molecule has 10 nitrogen and oxygen atoms in total. The summed E-state index contributed by atoms with van der Waals surface area (Å²) in [6, 6.07) is 12.0. The van der Waals surface area contributed by atoms with Gasteiger partial charge in [-0.2, -0.15) is 22.6 Å². The number of ether oxygens (including phenoxy) is 1. The number of rotatable bonds is 7. The minimum Gasteiger partial charge on any atom is -0.478 e. The van der Waals surface area contributed by atoms with Crippen LogP contribution >= 0.6 is 0 Å². The Morgan fingerprint density at radius 2 is 1.77 bits per heavy atom. The number of benzene rings is 2. The molecule has 1 fully saturated rings. The molecule has 2 atom stereocenters. The van der Waals surface area contributed by atoms with Gasteiger partial charge in [-0.3, -0.25) is 9.48 Å². The van der Waals surface area contributed by atoms with Gasteiger partial charge < -0.3 is 20.1 Å². The van der Waals surface area contributed by atoms with Crippen molar-refractivity contribution in [3.63, 3.8) is 0 Å². The Hall–Kier alpha value is -3.46. The van der Waals surface area contributed by atoms with Crippen molar-refractivity contribution in [1.82, 2.24) is 19.0 Å². The van der Waals surface area contributed by atoms with Gasteiger partial charge in [0.05, 0.1) is 35.8 Å². The van der Waals surface area contributed by atoms with E-state index in [0.29, 0.717) is 54.3 Å². The number of amides is 1. The van der Waals surface area contributed by atoms with Gasteiger partial charge in [0.2, 0.25) is 10.0 Å². The van der Waals surface area contributed by atoms with Crippen molar-refractivity contribution >= 4 is 21.6 Å². The lowest BCUT2D eigenvalue weighted by atomic mass is 9.89. The van der Waals surface area contributed by atoms with Crippen molar-refractivity contribution in [3.05, 3.63) is 65.4 Å². The number of aliphatic hydroxyl groups excluding tert-OH is 1. The summed E-state index contributed by atoms with van der Waals surface area (Å²) < 4.78 is 73.1. The number of fused-ring (bicyclic) bond motifs is 2. The van der Waals surface area contributed by atoms with Gasteiger partial charge in [0.1, 0.15) is 5.75 Å². The minimum atomic E-state index is -4.48. The van der Waals surface area contributed by atoms with Crippen LogP contribution in [0.4, 0.5) is 18.9 Å². The summed E-state index contributed by atoms with van der Waals surface area (Å²) in [6.07, 6.45) is -2.91. The molecule has 2 unspecified atom stereocenters. The molecule has 3 aliphatic rings. The van der Waals surface area contributed by atoms with Crippen LogP contribution in [0.15, 0.2) is 48.5 Å². The highest BCUT2D eigenvalue weighted by Gasteiger charge is 2.37. The van der Waals surface area contributed by atoms with E-state index in [-0.39, 0.29) is 31.5 Å². The number of carbonyl (C=O) groups excluding carboxylic acids is 1. The predicted octanol–water partition coefficient (Wildman–Crippen LogP) is 3.36. The zero-order chi connectivity index (χ0) is 31.2. The first-order valence-electron chi connectivity index (χ1n) is 14.5. The number of likely N-dealkylation sites (tertiary alicyclic amines) is 1. The SMILES string of the molecule is CS(=O)(=O)N1CCc2c(c(-c3ccc(C(F)(F)F)cc3)nn2CC(O)CN2CCC(C3Oc4ccccc4NC3=O)CC2)C1. The van der Waals surface area contributed by atoms with E-state index in [1.54, 1.807) is 10.7 Å². The Kier molecular flexibility index (Phi) is 8.20. The maximum atomic E-state index is 13.2. The fraction of sp³-hybridized carbons (Fsp3) is 0.467. The van der Waals surface area contributed by atoms with E-state index in [1.807, 2.05) is 18.2 Å². The molecule has 236 valence electrons. The molecule has 0 spiro atoms. The van der Waals surface area contributed by atoms with E-state index < -0.39 is 34.0 Å². The maximum absolute atomic E-state index is 13.2. The molecule has 0 bridgehead atoms. The van der Waals surface area contributed by atoms with Crippen molar-refractivity contribution in [2.75, 3.05) is 37.8 Å². The molecule has 2 aromatic carbocycles. The molecule has 0 saturated carbocycles. The van der Waals surface area contributed by atoms with Gasteiger partial charge >= 0.3 is 6.18 Å². The molecule has 0 radical (unpaired) electrons. The highest BCUT2D eigenvalue weighted by Crippen LogP contribution is 2.36. The standard InChI is InChI=1S/C30H34F3N5O5S/c1-44(41,42)37-15-12-25-23(18-37)27(19-6-8-21(9-7-19)30(31,32)33)35-38(25)17-22(39)16-36-13-10-20(11-14-36)28-29(40)34-24-4-2-3-5-26(24)43-28/h2-9,20,22,28,39H,10-18H2,1H3,(H,34,40). The van der Waals surface area contributed by atoms with Crippen LogP contribution in [0.2, 0.25) is 0 Å². The number of carbonyl (C=O) groups is 1. The lowest BCUT2D eigenvalue weighted by Gasteiger charge is -2.37. The Labute approximate surface area is 253 Å². The second-order valence-electron chi connectivity index (χ2n) is 11.7. The largest absolute Gasteiger partial charge is 0.478 e. The molecule has 1 amide bonds. The van der Waals surface area contributed by atoms with Crippen molar-refractivity contribution < 1.29 is 36.2 Å². The van der Waals surface area contributed by atoms with Crippen molar-refractivity contribution in [2.24, 2.45) is 5.92 Å². The third-order valence-corrected chi connectivity index (χ3v) is 9.87. The zero-order valence-electron chi connectivity index (χ0n) is 24.1. The highest BCUT2D eigenvalue weighted by atomic mass is 32.2. The summed E-state index contributed by atoms with van der Waals surface area (Å²) in [7, 11) is -3.50. The van der Waals surface area contributed by atoms with Crippen LogP contribution in [0.1, 0.15) is 29.7 Å². The molecular weight excluding hydrogens is 599 g/mol. The lowest BCUT2D eigenvalue weighted by Crippen LogP contribution is -2.48. The van der Waals surface area contributed by atoms with Crippen LogP contribution in [0.25, 0.3) is 11.3 Å². The van der Waals surface area contributed by atoms with Gasteiger partial charge in [0.15, 0.2) is 6.10 Å². The summed E-state index contributed by atoms with van der Waals surface area (Å²) in [5, 5.41) is 18.7. The summed E-state index contributed by atoms with van der Waals surface area (Å²) in [5.41, 5.74) is 2.12. The smallest absolute Gasteiger partial charge is 0.416 e. The molecule has 1 saturated heterocycles. The van der Waals surface area contributed by atoms with Crippen molar-refractivity contribution in [3.8, 4) is 17.0 Å². The van der Waals surface area contributed by atoms with Gasteiger partial charge in [-0.05, 0) is 50.2 Å². The number of hydrogen-bond donors (Lipinski definition) is 2. The second-order valence-corrected chi connectivity index (χ2v) is 13.7. The molecule has 44 heavy (non-hydrogen) atoms. The Bertz CT molecular complexity index is 1640. The normalized spacial score (nSPS) is 20.8. The topological polar surface area (TPSA) is 117 Å². The first kappa shape index (κ1) is 30.6. The Morgan fingerprint density at radius 1 is 1.07 bits per heavy atom. The first-order valence-corrected chi connectivity index (χ1v) is 16.4. The van der Waals surface area contributed by atoms with Crippen LogP contribution < -0.4 is 10.1 Å². The number of sulfonamides is 1. The molecule has 6 rings (SSSR count). The third kappa shape index (κ3) is 6.34. The summed E-state index contributed by atoms with van der Waals surface area (Å²) in [5.74, 6) is 0.552. The third-order valence-electron chi connectivity index (χ3n) is 8.62. The van der Waals surface area contributed by atoms with Crippen molar-refractivity contribution in [1.29, 1.82) is 0 Å². The number of halogens is 3. The summed E-state index contributed by atoms with van der Waals surface area (Å²) in [4.78, 5) is 14.8. The second kappa shape index (κ2) is 11.8. The number of nitrogens with zero attached hydrogens (tertiary/aromatic N) is 4. The number of hydrogen-bond acceptors (Lipinski definition) is 7. The fourth-order valence-corrected chi connectivity index (χ4v) is 7.11. The number of aromatic nitrogens is 2. The van der Waals surface area contributed by atoms with Crippen LogP contribution in [0.5, 0.6) is 5.75 Å². The zero-order valence-corrected chi connectivity index (χ0v) is 24.9. The summed E-state index contributed by atoms with van der Waals surface area (Å²) >= 11 is 0. The molecule has 4 heterocycles. The highest BCUT2D eigenvalue weighted by molar-refractivity contribution is 7.88. The van der Waals surface area contributed by atoms with E-state index in [9.17, 15) is 31.5 Å². The van der Waals surface area contributed by atoms with Gasteiger partial charge in [-0.1, -0.05) is 24.3 Å². The van der Waals surface area contributed by atoms with Crippen LogP contribution in [0, 0.1) is 5.92 Å². The van der Waals surface area contributed by atoms with Gasteiger partial charge in [-0.25, -0.2) is 8.42 Å². The number of nitrogens with one attached hydrogen (secondary N) is 1.